The molecule has 0 aromatic heterocycles. The molecule has 0 radical (unpaired) electrons. The molecule has 0 unspecified atom stereocenters. The van der Waals surface area contributed by atoms with E-state index in [-0.39, 0.29) is 5.91 Å². The Hall–Kier alpha value is -0.830. The zero-order chi connectivity index (χ0) is 17.8. The molecule has 3 nitrogen and oxygen atoms in total. The molecule has 25 heavy (non-hydrogen) atoms. The Morgan fingerprint density at radius 1 is 1.16 bits per heavy atom. The third-order valence-electron chi connectivity index (χ3n) is 8.79. The second-order valence-corrected chi connectivity index (χ2v) is 9.77. The van der Waals surface area contributed by atoms with Crippen molar-refractivity contribution in [1.29, 1.82) is 0 Å². The third kappa shape index (κ3) is 2.52. The lowest BCUT2D eigenvalue weighted by molar-refractivity contribution is -0.123. The minimum Gasteiger partial charge on any atom is -0.353 e. The molecule has 3 fully saturated rings. The molecule has 3 heteroatoms. The summed E-state index contributed by atoms with van der Waals surface area (Å²) in [5, 5.41) is 3.38. The number of carbonyl (C=O) groups excluding carboxylic acids is 1. The van der Waals surface area contributed by atoms with E-state index < -0.39 is 0 Å². The molecule has 7 atom stereocenters. The summed E-state index contributed by atoms with van der Waals surface area (Å²) in [6.07, 6.45) is 13.4. The number of hydrogen-bond donors (Lipinski definition) is 1. The highest BCUT2D eigenvalue weighted by atomic mass is 16.1. The van der Waals surface area contributed by atoms with Gasteiger partial charge >= 0.3 is 0 Å². The molecule has 0 aromatic rings. The van der Waals surface area contributed by atoms with Gasteiger partial charge in [-0.2, -0.15) is 0 Å². The molecule has 1 heterocycles. The zero-order valence-corrected chi connectivity index (χ0v) is 16.6. The normalized spacial score (nSPS) is 49.2. The number of nitrogens with zero attached hydrogens (tertiary/aromatic N) is 1. The standard InChI is InChI=1S/C22H36N2O/c1-5-20(25)23-18-9-8-16-15-7-10-19-22(3,12-6-14-24(19)4)17(15)11-13-21(16,18)2/h6,12,15-19H,5,7-11,13-14H2,1-4H3,(H,23,25)/t15-,16-,17-,18-,19+,21-,22+/m0/s1. The lowest BCUT2D eigenvalue weighted by atomic mass is 9.48. The Bertz CT molecular complexity index is 572. The molecule has 0 bridgehead atoms. The van der Waals surface area contributed by atoms with Gasteiger partial charge in [-0.15, -0.1) is 0 Å². The van der Waals surface area contributed by atoms with Gasteiger partial charge in [0, 0.05) is 30.5 Å². The van der Waals surface area contributed by atoms with Crippen LogP contribution in [0.5, 0.6) is 0 Å². The van der Waals surface area contributed by atoms with E-state index in [1.807, 2.05) is 6.92 Å². The Morgan fingerprint density at radius 3 is 2.72 bits per heavy atom. The number of nitrogens with one attached hydrogen (secondary N) is 1. The van der Waals surface area contributed by atoms with Crippen molar-refractivity contribution in [2.75, 3.05) is 13.6 Å². The van der Waals surface area contributed by atoms with Gasteiger partial charge in [0.15, 0.2) is 0 Å². The van der Waals surface area contributed by atoms with Crippen LogP contribution in [-0.2, 0) is 4.79 Å². The van der Waals surface area contributed by atoms with E-state index in [2.05, 4.69) is 43.3 Å². The van der Waals surface area contributed by atoms with Crippen LogP contribution < -0.4 is 5.32 Å². The van der Waals surface area contributed by atoms with Crippen molar-refractivity contribution in [2.45, 2.75) is 77.8 Å². The summed E-state index contributed by atoms with van der Waals surface area (Å²) in [5.41, 5.74) is 0.668. The third-order valence-corrected chi connectivity index (χ3v) is 8.79. The van der Waals surface area contributed by atoms with Crippen molar-refractivity contribution in [2.24, 2.45) is 28.6 Å². The Labute approximate surface area is 153 Å². The summed E-state index contributed by atoms with van der Waals surface area (Å²) in [7, 11) is 2.31. The van der Waals surface area contributed by atoms with Gasteiger partial charge < -0.3 is 5.32 Å². The van der Waals surface area contributed by atoms with Crippen LogP contribution in [0, 0.1) is 28.6 Å². The van der Waals surface area contributed by atoms with Gasteiger partial charge in [0.05, 0.1) is 0 Å². The maximum atomic E-state index is 12.0. The van der Waals surface area contributed by atoms with Crippen LogP contribution in [0.25, 0.3) is 0 Å². The predicted octanol–water partition coefficient (Wildman–Crippen LogP) is 3.99. The molecule has 0 spiro atoms. The monoisotopic (exact) mass is 344 g/mol. The minimum atomic E-state index is 0.238. The first-order chi connectivity index (χ1) is 11.9. The molecule has 1 aliphatic heterocycles. The summed E-state index contributed by atoms with van der Waals surface area (Å²) >= 11 is 0. The van der Waals surface area contributed by atoms with Crippen molar-refractivity contribution in [3.8, 4) is 0 Å². The second-order valence-electron chi connectivity index (χ2n) is 9.77. The van der Waals surface area contributed by atoms with Crippen LogP contribution in [-0.4, -0.2) is 36.5 Å². The van der Waals surface area contributed by atoms with Crippen LogP contribution in [0.1, 0.15) is 65.7 Å². The topological polar surface area (TPSA) is 32.3 Å². The number of hydrogen-bond acceptors (Lipinski definition) is 2. The number of amides is 1. The molecule has 3 aliphatic carbocycles. The van der Waals surface area contributed by atoms with E-state index in [9.17, 15) is 4.79 Å². The summed E-state index contributed by atoms with van der Waals surface area (Å²) < 4.78 is 0. The van der Waals surface area contributed by atoms with Crippen molar-refractivity contribution in [3.05, 3.63) is 12.2 Å². The van der Waals surface area contributed by atoms with E-state index in [4.69, 9.17) is 0 Å². The van der Waals surface area contributed by atoms with Gasteiger partial charge in [-0.1, -0.05) is 32.9 Å². The Kier molecular flexibility index (Phi) is 4.30. The molecule has 1 amide bonds. The molecule has 4 rings (SSSR count). The average molecular weight is 345 g/mol. The fourth-order valence-corrected chi connectivity index (χ4v) is 7.43. The minimum absolute atomic E-state index is 0.238. The highest BCUT2D eigenvalue weighted by Crippen LogP contribution is 2.63. The van der Waals surface area contributed by atoms with Crippen molar-refractivity contribution in [3.63, 3.8) is 0 Å². The summed E-state index contributed by atoms with van der Waals surface area (Å²) in [6, 6.07) is 1.13. The van der Waals surface area contributed by atoms with Gasteiger partial charge in [0.2, 0.25) is 5.91 Å². The van der Waals surface area contributed by atoms with E-state index in [0.29, 0.717) is 23.3 Å². The average Bonchev–Trinajstić information content (AvgIpc) is 2.91. The van der Waals surface area contributed by atoms with E-state index >= 15 is 0 Å². The quantitative estimate of drug-likeness (QED) is 0.768. The fourth-order valence-electron chi connectivity index (χ4n) is 7.43. The Balaban J connectivity index is 1.59. The van der Waals surface area contributed by atoms with Crippen molar-refractivity contribution in [1.82, 2.24) is 10.2 Å². The number of carbonyl (C=O) groups is 1. The van der Waals surface area contributed by atoms with Gasteiger partial charge in [0.1, 0.15) is 0 Å². The first-order valence-electron chi connectivity index (χ1n) is 10.6. The molecular formula is C22H36N2O. The van der Waals surface area contributed by atoms with Gasteiger partial charge in [-0.25, -0.2) is 0 Å². The number of likely N-dealkylation sites (N-methyl/N-ethyl adjacent to an activating group) is 1. The molecule has 0 aromatic carbocycles. The Morgan fingerprint density at radius 2 is 1.96 bits per heavy atom. The lowest BCUT2D eigenvalue weighted by Crippen LogP contribution is -2.59. The highest BCUT2D eigenvalue weighted by molar-refractivity contribution is 5.76. The maximum absolute atomic E-state index is 12.0. The van der Waals surface area contributed by atoms with Crippen LogP contribution >= 0.6 is 0 Å². The van der Waals surface area contributed by atoms with Crippen LogP contribution in [0.15, 0.2) is 12.2 Å². The van der Waals surface area contributed by atoms with E-state index in [1.165, 1.54) is 38.5 Å². The molecule has 3 saturated carbocycles. The molecule has 4 aliphatic rings. The van der Waals surface area contributed by atoms with Crippen LogP contribution in [0.3, 0.4) is 0 Å². The number of rotatable bonds is 2. The van der Waals surface area contributed by atoms with Crippen LogP contribution in [0.4, 0.5) is 0 Å². The SMILES string of the molecule is CCC(=O)N[C@H]1CC[C@H]2[C@@H]3CC[C@H]4N(C)CC=C[C@]4(C)[C@H]3CC[C@]12C. The first kappa shape index (κ1) is 17.6. The van der Waals surface area contributed by atoms with Crippen molar-refractivity contribution < 1.29 is 4.79 Å². The fraction of sp³-hybridized carbons (Fsp3) is 0.864. The van der Waals surface area contributed by atoms with Gasteiger partial charge in [0.25, 0.3) is 0 Å². The summed E-state index contributed by atoms with van der Waals surface area (Å²) in [5.74, 6) is 2.71. The first-order valence-corrected chi connectivity index (χ1v) is 10.6. The molecule has 140 valence electrons. The van der Waals surface area contributed by atoms with Crippen LogP contribution in [0.2, 0.25) is 0 Å². The van der Waals surface area contributed by atoms with Crippen molar-refractivity contribution >= 4 is 5.91 Å². The highest BCUT2D eigenvalue weighted by Gasteiger charge is 2.59. The predicted molar refractivity (Wildman–Crippen MR) is 102 cm³/mol. The summed E-state index contributed by atoms with van der Waals surface area (Å²) in [6.45, 7) is 8.10. The molecule has 1 N–H and O–H groups in total. The number of fused-ring (bicyclic) bond motifs is 5. The summed E-state index contributed by atoms with van der Waals surface area (Å²) in [4.78, 5) is 14.6. The smallest absolute Gasteiger partial charge is 0.219 e. The second kappa shape index (κ2) is 6.11. The lowest BCUT2D eigenvalue weighted by Gasteiger charge is -2.60. The molecule has 0 saturated heterocycles. The van der Waals surface area contributed by atoms with Gasteiger partial charge in [-0.05, 0) is 68.7 Å². The van der Waals surface area contributed by atoms with E-state index in [0.717, 1.165) is 30.3 Å². The van der Waals surface area contributed by atoms with E-state index in [1.54, 1.807) is 0 Å². The zero-order valence-electron chi connectivity index (χ0n) is 16.6. The maximum Gasteiger partial charge on any atom is 0.219 e. The molecular weight excluding hydrogens is 308 g/mol. The van der Waals surface area contributed by atoms with Gasteiger partial charge in [-0.3, -0.25) is 9.69 Å². The largest absolute Gasteiger partial charge is 0.353 e.